The molecule has 0 radical (unpaired) electrons. The molecule has 5 heteroatoms. The van der Waals surface area contributed by atoms with Gasteiger partial charge in [0, 0.05) is 22.7 Å². The van der Waals surface area contributed by atoms with Gasteiger partial charge < -0.3 is 10.6 Å². The zero-order chi connectivity index (χ0) is 17.4. The van der Waals surface area contributed by atoms with Gasteiger partial charge in [-0.3, -0.25) is 9.59 Å². The van der Waals surface area contributed by atoms with Crippen LogP contribution in [0.4, 0.5) is 5.69 Å². The van der Waals surface area contributed by atoms with Crippen LogP contribution in [0, 0.1) is 5.92 Å². The van der Waals surface area contributed by atoms with Crippen LogP contribution in [0.15, 0.2) is 59.5 Å². The molecule has 0 atom stereocenters. The van der Waals surface area contributed by atoms with Gasteiger partial charge in [0.25, 0.3) is 5.91 Å². The number of amides is 2. The predicted molar refractivity (Wildman–Crippen MR) is 99.4 cm³/mol. The summed E-state index contributed by atoms with van der Waals surface area (Å²) in [6, 6.07) is 16.7. The van der Waals surface area contributed by atoms with Crippen molar-refractivity contribution in [1.29, 1.82) is 0 Å². The van der Waals surface area contributed by atoms with Gasteiger partial charge in [0.2, 0.25) is 5.91 Å². The lowest BCUT2D eigenvalue weighted by atomic mass is 10.1. The number of carbonyl (C=O) groups excluding carboxylic acids is 2. The SMILES string of the molecule is CC(C)CNC(=O)c1ccc(NC(=O)CSc2ccccc2)cc1. The summed E-state index contributed by atoms with van der Waals surface area (Å²) in [7, 11) is 0. The predicted octanol–water partition coefficient (Wildman–Crippen LogP) is 3.80. The Morgan fingerprint density at radius 2 is 1.67 bits per heavy atom. The average Bonchev–Trinajstić information content (AvgIpc) is 2.59. The van der Waals surface area contributed by atoms with E-state index in [1.165, 1.54) is 11.8 Å². The standard InChI is InChI=1S/C19H22N2O2S/c1-14(2)12-20-19(23)15-8-10-16(11-9-15)21-18(22)13-24-17-6-4-3-5-7-17/h3-11,14H,12-13H2,1-2H3,(H,20,23)(H,21,22). The molecule has 2 amide bonds. The van der Waals surface area contributed by atoms with E-state index in [1.807, 2.05) is 44.2 Å². The molecule has 0 saturated heterocycles. The second-order valence-corrected chi connectivity index (χ2v) is 6.88. The van der Waals surface area contributed by atoms with Crippen LogP contribution in [0.3, 0.4) is 0 Å². The first kappa shape index (κ1) is 18.1. The van der Waals surface area contributed by atoms with Crippen LogP contribution >= 0.6 is 11.8 Å². The quantitative estimate of drug-likeness (QED) is 0.753. The van der Waals surface area contributed by atoms with E-state index in [1.54, 1.807) is 24.3 Å². The molecule has 0 bridgehead atoms. The van der Waals surface area contributed by atoms with Crippen molar-refractivity contribution in [2.75, 3.05) is 17.6 Å². The third-order valence-corrected chi connectivity index (χ3v) is 4.23. The highest BCUT2D eigenvalue weighted by molar-refractivity contribution is 8.00. The van der Waals surface area contributed by atoms with Gasteiger partial charge in [0.15, 0.2) is 0 Å². The highest BCUT2D eigenvalue weighted by Gasteiger charge is 2.07. The first-order chi connectivity index (χ1) is 11.5. The van der Waals surface area contributed by atoms with E-state index in [0.29, 0.717) is 29.5 Å². The minimum absolute atomic E-state index is 0.0686. The summed E-state index contributed by atoms with van der Waals surface area (Å²) in [5.41, 5.74) is 1.28. The molecule has 2 aromatic carbocycles. The van der Waals surface area contributed by atoms with Crippen molar-refractivity contribution >= 4 is 29.3 Å². The number of hydrogen-bond donors (Lipinski definition) is 2. The highest BCUT2D eigenvalue weighted by Crippen LogP contribution is 2.17. The summed E-state index contributed by atoms with van der Waals surface area (Å²) in [5.74, 6) is 0.595. The molecule has 0 spiro atoms. The molecule has 4 nitrogen and oxygen atoms in total. The molecule has 0 fully saturated rings. The lowest BCUT2D eigenvalue weighted by molar-refractivity contribution is -0.113. The van der Waals surface area contributed by atoms with Crippen LogP contribution in [0.5, 0.6) is 0 Å². The zero-order valence-corrected chi connectivity index (χ0v) is 14.7. The summed E-state index contributed by atoms with van der Waals surface area (Å²) >= 11 is 1.49. The number of anilines is 1. The van der Waals surface area contributed by atoms with Crippen molar-refractivity contribution in [3.8, 4) is 0 Å². The normalized spacial score (nSPS) is 10.5. The van der Waals surface area contributed by atoms with Gasteiger partial charge in [-0.1, -0.05) is 32.0 Å². The number of benzene rings is 2. The van der Waals surface area contributed by atoms with E-state index in [2.05, 4.69) is 10.6 Å². The summed E-state index contributed by atoms with van der Waals surface area (Å²) in [5, 5.41) is 5.70. The zero-order valence-electron chi connectivity index (χ0n) is 13.9. The van der Waals surface area contributed by atoms with Gasteiger partial charge >= 0.3 is 0 Å². The second-order valence-electron chi connectivity index (χ2n) is 5.83. The highest BCUT2D eigenvalue weighted by atomic mass is 32.2. The van der Waals surface area contributed by atoms with Gasteiger partial charge in [-0.25, -0.2) is 0 Å². The number of rotatable bonds is 7. The van der Waals surface area contributed by atoms with Gasteiger partial charge in [-0.15, -0.1) is 11.8 Å². The Morgan fingerprint density at radius 1 is 1.00 bits per heavy atom. The monoisotopic (exact) mass is 342 g/mol. The lowest BCUT2D eigenvalue weighted by Crippen LogP contribution is -2.27. The molecule has 24 heavy (non-hydrogen) atoms. The van der Waals surface area contributed by atoms with Crippen LogP contribution in [0.1, 0.15) is 24.2 Å². The third-order valence-electron chi connectivity index (χ3n) is 3.21. The maximum absolute atomic E-state index is 12.0. The van der Waals surface area contributed by atoms with E-state index >= 15 is 0 Å². The number of hydrogen-bond acceptors (Lipinski definition) is 3. The fourth-order valence-corrected chi connectivity index (χ4v) is 2.69. The van der Waals surface area contributed by atoms with Crippen molar-refractivity contribution in [2.45, 2.75) is 18.7 Å². The van der Waals surface area contributed by atoms with Crippen LogP contribution < -0.4 is 10.6 Å². The molecule has 0 saturated carbocycles. The minimum atomic E-state index is -0.0961. The van der Waals surface area contributed by atoms with Gasteiger partial charge in [0.1, 0.15) is 0 Å². The topological polar surface area (TPSA) is 58.2 Å². The molecule has 0 heterocycles. The molecule has 2 N–H and O–H groups in total. The molecule has 126 valence electrons. The van der Waals surface area contributed by atoms with E-state index in [9.17, 15) is 9.59 Å². The Kier molecular flexibility index (Phi) is 6.88. The number of carbonyl (C=O) groups is 2. The maximum Gasteiger partial charge on any atom is 0.251 e. The van der Waals surface area contributed by atoms with Gasteiger partial charge in [-0.2, -0.15) is 0 Å². The molecular formula is C19H22N2O2S. The molecule has 0 aliphatic rings. The van der Waals surface area contributed by atoms with E-state index in [-0.39, 0.29) is 11.8 Å². The molecule has 0 aromatic heterocycles. The smallest absolute Gasteiger partial charge is 0.251 e. The number of thioether (sulfide) groups is 1. The summed E-state index contributed by atoms with van der Waals surface area (Å²) in [6.07, 6.45) is 0. The van der Waals surface area contributed by atoms with Gasteiger partial charge in [-0.05, 0) is 42.3 Å². The Bertz CT molecular complexity index is 670. The van der Waals surface area contributed by atoms with Crippen molar-refractivity contribution in [1.82, 2.24) is 5.32 Å². The van der Waals surface area contributed by atoms with Crippen LogP contribution in [-0.4, -0.2) is 24.1 Å². The van der Waals surface area contributed by atoms with E-state index in [4.69, 9.17) is 0 Å². The molecular weight excluding hydrogens is 320 g/mol. The maximum atomic E-state index is 12.0. The van der Waals surface area contributed by atoms with Crippen molar-refractivity contribution in [2.24, 2.45) is 5.92 Å². The largest absolute Gasteiger partial charge is 0.352 e. The van der Waals surface area contributed by atoms with Crippen LogP contribution in [0.2, 0.25) is 0 Å². The lowest BCUT2D eigenvalue weighted by Gasteiger charge is -2.09. The van der Waals surface area contributed by atoms with Crippen molar-refractivity contribution in [3.63, 3.8) is 0 Å². The number of nitrogens with one attached hydrogen (secondary N) is 2. The molecule has 0 aliphatic heterocycles. The van der Waals surface area contributed by atoms with Crippen molar-refractivity contribution < 1.29 is 9.59 Å². The molecule has 2 rings (SSSR count). The minimum Gasteiger partial charge on any atom is -0.352 e. The molecule has 0 unspecified atom stereocenters. The fourth-order valence-electron chi connectivity index (χ4n) is 1.97. The second kappa shape index (κ2) is 9.13. The molecule has 2 aromatic rings. The first-order valence-electron chi connectivity index (χ1n) is 7.90. The fraction of sp³-hybridized carbons (Fsp3) is 0.263. The van der Waals surface area contributed by atoms with Crippen molar-refractivity contribution in [3.05, 3.63) is 60.2 Å². The Hall–Kier alpha value is -2.27. The van der Waals surface area contributed by atoms with Gasteiger partial charge in [0.05, 0.1) is 5.75 Å². The summed E-state index contributed by atoms with van der Waals surface area (Å²) < 4.78 is 0. The summed E-state index contributed by atoms with van der Waals surface area (Å²) in [4.78, 5) is 25.0. The average molecular weight is 342 g/mol. The third kappa shape index (κ3) is 6.08. The Balaban J connectivity index is 1.82. The van der Waals surface area contributed by atoms with E-state index < -0.39 is 0 Å². The van der Waals surface area contributed by atoms with E-state index in [0.717, 1.165) is 4.90 Å². The van der Waals surface area contributed by atoms with Crippen LogP contribution in [0.25, 0.3) is 0 Å². The van der Waals surface area contributed by atoms with Crippen LogP contribution in [-0.2, 0) is 4.79 Å². The Morgan fingerprint density at radius 3 is 2.29 bits per heavy atom. The first-order valence-corrected chi connectivity index (χ1v) is 8.89. The summed E-state index contributed by atoms with van der Waals surface area (Å²) in [6.45, 7) is 4.74. The Labute approximate surface area is 147 Å². The molecule has 0 aliphatic carbocycles.